The first kappa shape index (κ1) is 11.1. The number of rotatable bonds is 3. The molecule has 6 heteroatoms. The lowest BCUT2D eigenvalue weighted by molar-refractivity contribution is -0.0497. The van der Waals surface area contributed by atoms with Crippen molar-refractivity contribution in [3.63, 3.8) is 0 Å². The number of hydrogen-bond acceptors (Lipinski definition) is 2. The summed E-state index contributed by atoms with van der Waals surface area (Å²) in [5.41, 5.74) is 5.82. The molecule has 1 rings (SSSR count). The minimum Gasteiger partial charge on any atom is -0.433 e. The van der Waals surface area contributed by atoms with Crippen molar-refractivity contribution in [2.24, 2.45) is 5.73 Å². The second-order valence-electron chi connectivity index (χ2n) is 2.39. The smallest absolute Gasteiger partial charge is 0.387 e. The van der Waals surface area contributed by atoms with Crippen LogP contribution in [0.4, 0.5) is 8.78 Å². The first-order chi connectivity index (χ1) is 6.50. The van der Waals surface area contributed by atoms with Crippen molar-refractivity contribution < 1.29 is 13.5 Å². The molecular formula is C8H6ClF2NOS. The zero-order chi connectivity index (χ0) is 10.7. The van der Waals surface area contributed by atoms with Crippen molar-refractivity contribution in [1.29, 1.82) is 0 Å². The molecule has 0 aliphatic heterocycles. The lowest BCUT2D eigenvalue weighted by Crippen LogP contribution is -2.09. The van der Waals surface area contributed by atoms with Gasteiger partial charge in [0.1, 0.15) is 10.7 Å². The molecule has 2 nitrogen and oxygen atoms in total. The fourth-order valence-corrected chi connectivity index (χ4v) is 1.20. The molecule has 0 aliphatic carbocycles. The first-order valence-electron chi connectivity index (χ1n) is 3.55. The molecule has 1 aromatic carbocycles. The maximum absolute atomic E-state index is 11.8. The highest BCUT2D eigenvalue weighted by Crippen LogP contribution is 2.26. The first-order valence-corrected chi connectivity index (χ1v) is 4.33. The SMILES string of the molecule is NC(=S)c1ccc(OC(F)F)c(Cl)c1. The number of benzene rings is 1. The normalized spacial score (nSPS) is 10.3. The minimum absolute atomic E-state index is 0.0515. The van der Waals surface area contributed by atoms with Crippen LogP contribution >= 0.6 is 23.8 Å². The molecule has 2 N–H and O–H groups in total. The Bertz CT molecular complexity index is 359. The molecule has 0 heterocycles. The molecule has 1 aromatic rings. The average Bonchev–Trinajstić information content (AvgIpc) is 2.07. The van der Waals surface area contributed by atoms with Crippen LogP contribution in [0.2, 0.25) is 5.02 Å². The summed E-state index contributed by atoms with van der Waals surface area (Å²) in [5.74, 6) is -0.0957. The Hall–Kier alpha value is -0.940. The Morgan fingerprint density at radius 2 is 2.14 bits per heavy atom. The lowest BCUT2D eigenvalue weighted by atomic mass is 10.2. The topological polar surface area (TPSA) is 35.2 Å². The Morgan fingerprint density at radius 3 is 2.57 bits per heavy atom. The number of ether oxygens (including phenoxy) is 1. The van der Waals surface area contributed by atoms with Gasteiger partial charge < -0.3 is 10.5 Å². The Balaban J connectivity index is 2.95. The summed E-state index contributed by atoms with van der Waals surface area (Å²) in [4.78, 5) is 0.149. The summed E-state index contributed by atoms with van der Waals surface area (Å²) in [6.07, 6.45) is 0. The van der Waals surface area contributed by atoms with Crippen LogP contribution in [0.25, 0.3) is 0 Å². The van der Waals surface area contributed by atoms with Gasteiger partial charge in [0.15, 0.2) is 0 Å². The molecule has 0 spiro atoms. The van der Waals surface area contributed by atoms with Crippen LogP contribution in [0.3, 0.4) is 0 Å². The molecule has 0 atom stereocenters. The van der Waals surface area contributed by atoms with E-state index in [4.69, 9.17) is 17.3 Å². The Kier molecular flexibility index (Phi) is 3.60. The number of alkyl halides is 2. The maximum atomic E-state index is 11.8. The third-order valence-corrected chi connectivity index (χ3v) is 1.96. The zero-order valence-electron chi connectivity index (χ0n) is 6.84. The van der Waals surface area contributed by atoms with Crippen LogP contribution in [0.5, 0.6) is 5.75 Å². The molecule has 14 heavy (non-hydrogen) atoms. The van der Waals surface area contributed by atoms with Crippen LogP contribution < -0.4 is 10.5 Å². The summed E-state index contributed by atoms with van der Waals surface area (Å²) in [5, 5.41) is 0.0515. The van der Waals surface area contributed by atoms with Crippen molar-refractivity contribution in [2.45, 2.75) is 6.61 Å². The van der Waals surface area contributed by atoms with Crippen LogP contribution in [-0.4, -0.2) is 11.6 Å². The van der Waals surface area contributed by atoms with E-state index in [1.807, 2.05) is 0 Å². The van der Waals surface area contributed by atoms with E-state index in [1.54, 1.807) is 0 Å². The number of hydrogen-bond donors (Lipinski definition) is 1. The van der Waals surface area contributed by atoms with Gasteiger partial charge in [-0.1, -0.05) is 23.8 Å². The van der Waals surface area contributed by atoms with E-state index in [0.29, 0.717) is 5.56 Å². The Labute approximate surface area is 89.6 Å². The predicted molar refractivity (Wildman–Crippen MR) is 54.0 cm³/mol. The van der Waals surface area contributed by atoms with E-state index in [9.17, 15) is 8.78 Å². The van der Waals surface area contributed by atoms with Crippen molar-refractivity contribution in [2.75, 3.05) is 0 Å². The van der Waals surface area contributed by atoms with Gasteiger partial charge in [-0.15, -0.1) is 0 Å². The van der Waals surface area contributed by atoms with Crippen LogP contribution in [-0.2, 0) is 0 Å². The minimum atomic E-state index is -2.90. The van der Waals surface area contributed by atoms with Crippen LogP contribution in [0, 0.1) is 0 Å². The second kappa shape index (κ2) is 4.52. The fraction of sp³-hybridized carbons (Fsp3) is 0.125. The molecule has 0 radical (unpaired) electrons. The van der Waals surface area contributed by atoms with Gasteiger partial charge >= 0.3 is 6.61 Å². The summed E-state index contributed by atoms with van der Waals surface area (Å²) < 4.78 is 27.8. The summed E-state index contributed by atoms with van der Waals surface area (Å²) in [6, 6.07) is 4.14. The van der Waals surface area contributed by atoms with Crippen LogP contribution in [0.1, 0.15) is 5.56 Å². The quantitative estimate of drug-likeness (QED) is 0.821. The zero-order valence-corrected chi connectivity index (χ0v) is 8.41. The molecule has 0 saturated heterocycles. The molecule has 0 amide bonds. The second-order valence-corrected chi connectivity index (χ2v) is 3.23. The largest absolute Gasteiger partial charge is 0.433 e. The van der Waals surface area contributed by atoms with Gasteiger partial charge in [0.2, 0.25) is 0 Å². The van der Waals surface area contributed by atoms with E-state index in [2.05, 4.69) is 17.0 Å². The molecule has 0 unspecified atom stereocenters. The fourth-order valence-electron chi connectivity index (χ4n) is 0.846. The van der Waals surface area contributed by atoms with Crippen molar-refractivity contribution >= 4 is 28.8 Å². The van der Waals surface area contributed by atoms with Crippen LogP contribution in [0.15, 0.2) is 18.2 Å². The highest BCUT2D eigenvalue weighted by molar-refractivity contribution is 7.80. The third-order valence-electron chi connectivity index (χ3n) is 1.43. The van der Waals surface area contributed by atoms with Gasteiger partial charge in [0.05, 0.1) is 5.02 Å². The summed E-state index contributed by atoms with van der Waals surface area (Å²) >= 11 is 10.3. The van der Waals surface area contributed by atoms with E-state index in [0.717, 1.165) is 0 Å². The van der Waals surface area contributed by atoms with Gasteiger partial charge in [-0.3, -0.25) is 0 Å². The van der Waals surface area contributed by atoms with Crippen molar-refractivity contribution in [1.82, 2.24) is 0 Å². The van der Waals surface area contributed by atoms with E-state index in [1.165, 1.54) is 18.2 Å². The molecule has 76 valence electrons. The van der Waals surface area contributed by atoms with E-state index in [-0.39, 0.29) is 15.8 Å². The van der Waals surface area contributed by atoms with Gasteiger partial charge in [0.25, 0.3) is 0 Å². The van der Waals surface area contributed by atoms with E-state index >= 15 is 0 Å². The third kappa shape index (κ3) is 2.78. The summed E-state index contributed by atoms with van der Waals surface area (Å²) in [6.45, 7) is -2.90. The number of nitrogens with two attached hydrogens (primary N) is 1. The molecule has 0 aromatic heterocycles. The van der Waals surface area contributed by atoms with Gasteiger partial charge in [0, 0.05) is 5.56 Å². The molecule has 0 aliphatic rings. The molecule has 0 fully saturated rings. The maximum Gasteiger partial charge on any atom is 0.387 e. The number of halogens is 3. The van der Waals surface area contributed by atoms with E-state index < -0.39 is 6.61 Å². The van der Waals surface area contributed by atoms with Crippen molar-refractivity contribution in [3.05, 3.63) is 28.8 Å². The average molecular weight is 238 g/mol. The predicted octanol–water partition coefficient (Wildman–Crippen LogP) is 2.58. The number of thiocarbonyl (C=S) groups is 1. The molecular weight excluding hydrogens is 232 g/mol. The van der Waals surface area contributed by atoms with Crippen molar-refractivity contribution in [3.8, 4) is 5.75 Å². The summed E-state index contributed by atoms with van der Waals surface area (Å²) in [7, 11) is 0. The van der Waals surface area contributed by atoms with Gasteiger partial charge in [-0.05, 0) is 18.2 Å². The lowest BCUT2D eigenvalue weighted by Gasteiger charge is -2.07. The van der Waals surface area contributed by atoms with Gasteiger partial charge in [-0.2, -0.15) is 8.78 Å². The molecule has 0 saturated carbocycles. The standard InChI is InChI=1S/C8H6ClF2NOS/c9-5-3-4(7(12)14)1-2-6(5)13-8(10)11/h1-3,8H,(H2,12,14). The highest BCUT2D eigenvalue weighted by Gasteiger charge is 2.09. The molecule has 0 bridgehead atoms. The Morgan fingerprint density at radius 1 is 1.50 bits per heavy atom. The monoisotopic (exact) mass is 237 g/mol. The highest BCUT2D eigenvalue weighted by atomic mass is 35.5. The van der Waals surface area contributed by atoms with Gasteiger partial charge in [-0.25, -0.2) is 0 Å².